The molecule has 0 fully saturated rings. The third-order valence-corrected chi connectivity index (χ3v) is 1.73. The van der Waals surface area contributed by atoms with Gasteiger partial charge in [0.05, 0.1) is 12.3 Å². The van der Waals surface area contributed by atoms with Gasteiger partial charge in [-0.2, -0.15) is 0 Å². The van der Waals surface area contributed by atoms with Crippen molar-refractivity contribution in [1.82, 2.24) is 20.3 Å². The van der Waals surface area contributed by atoms with Crippen LogP contribution in [0, 0.1) is 0 Å². The average Bonchev–Trinajstić information content (AvgIpc) is 2.63. The zero-order valence-electron chi connectivity index (χ0n) is 8.06. The highest BCUT2D eigenvalue weighted by Gasteiger charge is 1.99. The van der Waals surface area contributed by atoms with Crippen LogP contribution in [-0.2, 0) is 13.1 Å². The highest BCUT2D eigenvalue weighted by atomic mass is 16.3. The first-order chi connectivity index (χ1) is 6.86. The molecule has 6 nitrogen and oxygen atoms in total. The first kappa shape index (κ1) is 11.1. The number of aliphatic hydroxyl groups excluding tert-OH is 2. The predicted molar refractivity (Wildman–Crippen MR) is 50.5 cm³/mol. The minimum absolute atomic E-state index is 0.124. The van der Waals surface area contributed by atoms with E-state index in [1.165, 1.54) is 0 Å². The molecule has 1 heterocycles. The van der Waals surface area contributed by atoms with E-state index in [1.807, 2.05) is 6.20 Å². The van der Waals surface area contributed by atoms with Crippen molar-refractivity contribution >= 4 is 0 Å². The van der Waals surface area contributed by atoms with Crippen LogP contribution in [0.25, 0.3) is 0 Å². The van der Waals surface area contributed by atoms with E-state index in [0.29, 0.717) is 26.1 Å². The lowest BCUT2D eigenvalue weighted by Crippen LogP contribution is -2.17. The second kappa shape index (κ2) is 6.47. The van der Waals surface area contributed by atoms with E-state index < -0.39 is 0 Å². The molecule has 1 rings (SSSR count). The molecule has 0 saturated heterocycles. The van der Waals surface area contributed by atoms with Gasteiger partial charge in [0, 0.05) is 32.4 Å². The topological polar surface area (TPSA) is 83.2 Å². The van der Waals surface area contributed by atoms with Crippen molar-refractivity contribution in [2.45, 2.75) is 19.5 Å². The van der Waals surface area contributed by atoms with Crippen LogP contribution < -0.4 is 5.32 Å². The maximum Gasteiger partial charge on any atom is 0.0964 e. The summed E-state index contributed by atoms with van der Waals surface area (Å²) >= 11 is 0. The lowest BCUT2D eigenvalue weighted by atomic mass is 10.4. The molecule has 0 aliphatic heterocycles. The van der Waals surface area contributed by atoms with Crippen LogP contribution in [0.15, 0.2) is 6.20 Å². The molecule has 0 atom stereocenters. The molecule has 0 aliphatic carbocycles. The summed E-state index contributed by atoms with van der Waals surface area (Å²) in [7, 11) is 0. The van der Waals surface area contributed by atoms with Crippen molar-refractivity contribution in [3.05, 3.63) is 11.9 Å². The smallest absolute Gasteiger partial charge is 0.0964 e. The zero-order chi connectivity index (χ0) is 10.2. The molecule has 0 saturated carbocycles. The Kier molecular flexibility index (Phi) is 5.13. The third kappa shape index (κ3) is 3.82. The Hall–Kier alpha value is -0.980. The monoisotopic (exact) mass is 200 g/mol. The summed E-state index contributed by atoms with van der Waals surface area (Å²) in [5, 5.41) is 28.0. The maximum atomic E-state index is 8.61. The summed E-state index contributed by atoms with van der Waals surface area (Å²) in [6, 6.07) is 0. The van der Waals surface area contributed by atoms with E-state index in [9.17, 15) is 0 Å². The van der Waals surface area contributed by atoms with Gasteiger partial charge in [-0.3, -0.25) is 4.68 Å². The van der Waals surface area contributed by atoms with Crippen LogP contribution in [0.5, 0.6) is 0 Å². The Morgan fingerprint density at radius 1 is 1.36 bits per heavy atom. The molecule has 80 valence electrons. The van der Waals surface area contributed by atoms with Gasteiger partial charge in [-0.05, 0) is 6.42 Å². The summed E-state index contributed by atoms with van der Waals surface area (Å²) in [5.74, 6) is 0. The molecule has 14 heavy (non-hydrogen) atoms. The molecule has 0 bridgehead atoms. The number of aliphatic hydroxyl groups is 2. The van der Waals surface area contributed by atoms with E-state index in [0.717, 1.165) is 5.69 Å². The molecule has 6 heteroatoms. The van der Waals surface area contributed by atoms with Gasteiger partial charge in [-0.15, -0.1) is 5.10 Å². The SMILES string of the molecule is OCCCn1cc(CNCCO)nn1. The van der Waals surface area contributed by atoms with Gasteiger partial charge in [0.1, 0.15) is 0 Å². The van der Waals surface area contributed by atoms with Crippen molar-refractivity contribution in [2.75, 3.05) is 19.8 Å². The summed E-state index contributed by atoms with van der Waals surface area (Å²) in [5.41, 5.74) is 0.844. The van der Waals surface area contributed by atoms with Crippen molar-refractivity contribution in [3.63, 3.8) is 0 Å². The minimum atomic E-state index is 0.124. The fourth-order valence-corrected chi connectivity index (χ4v) is 1.06. The number of rotatable bonds is 7. The Balaban J connectivity index is 2.27. The summed E-state index contributed by atoms with van der Waals surface area (Å²) < 4.78 is 1.70. The standard InChI is InChI=1S/C8H16N4O2/c13-4-1-3-12-7-8(10-11-12)6-9-2-5-14/h7,9,13-14H,1-6H2. The van der Waals surface area contributed by atoms with Crippen molar-refractivity contribution in [2.24, 2.45) is 0 Å². The van der Waals surface area contributed by atoms with Crippen LogP contribution in [0.4, 0.5) is 0 Å². The molecule has 0 aromatic carbocycles. The quantitative estimate of drug-likeness (QED) is 0.479. The molecule has 0 radical (unpaired) electrons. The fourth-order valence-electron chi connectivity index (χ4n) is 1.06. The number of hydrogen-bond donors (Lipinski definition) is 3. The summed E-state index contributed by atoms with van der Waals surface area (Å²) in [4.78, 5) is 0. The largest absolute Gasteiger partial charge is 0.396 e. The van der Waals surface area contributed by atoms with Gasteiger partial charge >= 0.3 is 0 Å². The van der Waals surface area contributed by atoms with Gasteiger partial charge in [-0.1, -0.05) is 5.21 Å². The number of aryl methyl sites for hydroxylation is 1. The fraction of sp³-hybridized carbons (Fsp3) is 0.750. The first-order valence-corrected chi connectivity index (χ1v) is 4.68. The predicted octanol–water partition coefficient (Wildman–Crippen LogP) is -1.26. The van der Waals surface area contributed by atoms with E-state index in [1.54, 1.807) is 4.68 Å². The number of nitrogens with one attached hydrogen (secondary N) is 1. The normalized spacial score (nSPS) is 10.7. The van der Waals surface area contributed by atoms with Gasteiger partial charge in [0.2, 0.25) is 0 Å². The van der Waals surface area contributed by atoms with Gasteiger partial charge in [0.25, 0.3) is 0 Å². The van der Waals surface area contributed by atoms with Crippen molar-refractivity contribution in [3.8, 4) is 0 Å². The lowest BCUT2D eigenvalue weighted by molar-refractivity contribution is 0.276. The Morgan fingerprint density at radius 2 is 2.21 bits per heavy atom. The molecular formula is C8H16N4O2. The van der Waals surface area contributed by atoms with Crippen molar-refractivity contribution < 1.29 is 10.2 Å². The van der Waals surface area contributed by atoms with Crippen molar-refractivity contribution in [1.29, 1.82) is 0 Å². The molecule has 0 amide bonds. The van der Waals surface area contributed by atoms with Crippen LogP contribution >= 0.6 is 0 Å². The first-order valence-electron chi connectivity index (χ1n) is 4.68. The molecule has 3 N–H and O–H groups in total. The van der Waals surface area contributed by atoms with Gasteiger partial charge < -0.3 is 15.5 Å². The van der Waals surface area contributed by atoms with E-state index in [-0.39, 0.29) is 13.2 Å². The van der Waals surface area contributed by atoms with Gasteiger partial charge in [0.15, 0.2) is 0 Å². The Morgan fingerprint density at radius 3 is 2.93 bits per heavy atom. The highest BCUT2D eigenvalue weighted by molar-refractivity contribution is 4.91. The molecule has 1 aromatic heterocycles. The average molecular weight is 200 g/mol. The minimum Gasteiger partial charge on any atom is -0.396 e. The van der Waals surface area contributed by atoms with Crippen LogP contribution in [0.3, 0.4) is 0 Å². The summed E-state index contributed by atoms with van der Waals surface area (Å²) in [6.45, 7) is 2.14. The Bertz CT molecular complexity index is 251. The second-order valence-corrected chi connectivity index (χ2v) is 2.95. The molecular weight excluding hydrogens is 184 g/mol. The van der Waals surface area contributed by atoms with E-state index in [2.05, 4.69) is 15.6 Å². The highest BCUT2D eigenvalue weighted by Crippen LogP contribution is 1.93. The molecule has 0 aliphatic rings. The lowest BCUT2D eigenvalue weighted by Gasteiger charge is -1.97. The van der Waals surface area contributed by atoms with Gasteiger partial charge in [-0.25, -0.2) is 0 Å². The maximum absolute atomic E-state index is 8.61. The summed E-state index contributed by atoms with van der Waals surface area (Å²) in [6.07, 6.45) is 2.52. The Labute approximate surface area is 82.6 Å². The second-order valence-electron chi connectivity index (χ2n) is 2.95. The van der Waals surface area contributed by atoms with Crippen LogP contribution in [0.2, 0.25) is 0 Å². The van der Waals surface area contributed by atoms with Crippen LogP contribution in [0.1, 0.15) is 12.1 Å². The molecule has 1 aromatic rings. The number of aromatic nitrogens is 3. The molecule has 0 spiro atoms. The van der Waals surface area contributed by atoms with E-state index >= 15 is 0 Å². The van der Waals surface area contributed by atoms with E-state index in [4.69, 9.17) is 10.2 Å². The molecule has 0 unspecified atom stereocenters. The number of nitrogens with zero attached hydrogens (tertiary/aromatic N) is 3. The third-order valence-electron chi connectivity index (χ3n) is 1.73. The zero-order valence-corrected chi connectivity index (χ0v) is 8.06. The van der Waals surface area contributed by atoms with Crippen LogP contribution in [-0.4, -0.2) is 45.0 Å². The number of hydrogen-bond acceptors (Lipinski definition) is 5.